The Morgan fingerprint density at radius 2 is 2.18 bits per heavy atom. The summed E-state index contributed by atoms with van der Waals surface area (Å²) in [7, 11) is 0. The molecule has 1 heterocycles. The molecule has 0 unspecified atom stereocenters. The Balaban J connectivity index is 2.26. The maximum absolute atomic E-state index is 5.65. The molecule has 0 fully saturated rings. The number of aromatic nitrogens is 1. The Kier molecular flexibility index (Phi) is 3.79. The summed E-state index contributed by atoms with van der Waals surface area (Å²) in [5.41, 5.74) is 0.918. The van der Waals surface area contributed by atoms with Crippen LogP contribution in [-0.2, 0) is 0 Å². The molecular weight excluding hydrogens is 278 g/mol. The van der Waals surface area contributed by atoms with Crippen molar-refractivity contribution in [2.24, 2.45) is 0 Å². The van der Waals surface area contributed by atoms with Crippen LogP contribution >= 0.6 is 15.9 Å². The molecule has 2 rings (SSSR count). The van der Waals surface area contributed by atoms with E-state index < -0.39 is 0 Å². The molecule has 0 atom stereocenters. The van der Waals surface area contributed by atoms with Gasteiger partial charge in [-0.3, -0.25) is 0 Å². The Labute approximate surface area is 109 Å². The van der Waals surface area contributed by atoms with Crippen LogP contribution in [0.5, 0.6) is 11.6 Å². The first-order valence-electron chi connectivity index (χ1n) is 4.97. The molecule has 0 aliphatic heterocycles. The molecule has 2 nitrogen and oxygen atoms in total. The minimum Gasteiger partial charge on any atom is -0.438 e. The van der Waals surface area contributed by atoms with Gasteiger partial charge in [-0.2, -0.15) is 0 Å². The molecule has 0 saturated carbocycles. The Bertz CT molecular complexity index is 546. The number of rotatable bonds is 3. The zero-order valence-corrected chi connectivity index (χ0v) is 10.5. The maximum Gasteiger partial charge on any atom is 0.219 e. The zero-order valence-electron chi connectivity index (χ0n) is 8.93. The first-order chi connectivity index (χ1) is 8.29. The van der Waals surface area contributed by atoms with Crippen molar-refractivity contribution < 1.29 is 4.74 Å². The van der Waals surface area contributed by atoms with Gasteiger partial charge in [0.2, 0.25) is 5.88 Å². The van der Waals surface area contributed by atoms with Crippen LogP contribution in [0.15, 0.2) is 47.1 Å². The van der Waals surface area contributed by atoms with Gasteiger partial charge in [0.05, 0.1) is 10.9 Å². The molecule has 83 valence electrons. The third-order valence-corrected chi connectivity index (χ3v) is 2.71. The van der Waals surface area contributed by atoms with Gasteiger partial charge < -0.3 is 4.74 Å². The van der Waals surface area contributed by atoms with Crippen LogP contribution < -0.4 is 4.74 Å². The lowest BCUT2D eigenvalue weighted by molar-refractivity contribution is 0.460. The number of halogens is 1. The van der Waals surface area contributed by atoms with Crippen LogP contribution in [0.3, 0.4) is 0 Å². The number of pyridine rings is 1. The highest BCUT2D eigenvalue weighted by Crippen LogP contribution is 2.29. The van der Waals surface area contributed by atoms with Gasteiger partial charge in [-0.15, -0.1) is 6.42 Å². The normalized spacial score (nSPS) is 9.65. The second kappa shape index (κ2) is 5.51. The lowest BCUT2D eigenvalue weighted by Gasteiger charge is -2.07. The van der Waals surface area contributed by atoms with Crippen molar-refractivity contribution in [3.63, 3.8) is 0 Å². The third-order valence-electron chi connectivity index (χ3n) is 2.06. The topological polar surface area (TPSA) is 22.1 Å². The lowest BCUT2D eigenvalue weighted by Crippen LogP contribution is -1.89. The van der Waals surface area contributed by atoms with Gasteiger partial charge in [0, 0.05) is 12.3 Å². The smallest absolute Gasteiger partial charge is 0.219 e. The minimum absolute atomic E-state index is 0.547. The minimum atomic E-state index is 0.547. The van der Waals surface area contributed by atoms with Crippen molar-refractivity contribution in [2.75, 3.05) is 0 Å². The number of terminal acetylenes is 1. The highest BCUT2D eigenvalue weighted by Gasteiger charge is 2.04. The predicted octanol–water partition coefficient (Wildman–Crippen LogP) is 3.82. The standard InChI is InChI=1S/C14H9BrNO/c1-2-5-11-7-8-12(15)13(10-11)17-14-6-3-4-9-16-14/h1,3-10H. The van der Waals surface area contributed by atoms with E-state index in [4.69, 9.17) is 11.2 Å². The second-order valence-electron chi connectivity index (χ2n) is 3.27. The quantitative estimate of drug-likeness (QED) is 0.801. The van der Waals surface area contributed by atoms with E-state index in [0.29, 0.717) is 11.6 Å². The fourth-order valence-corrected chi connectivity index (χ4v) is 1.63. The Morgan fingerprint density at radius 1 is 1.29 bits per heavy atom. The third kappa shape index (κ3) is 3.08. The molecule has 0 spiro atoms. The average molecular weight is 287 g/mol. The lowest BCUT2D eigenvalue weighted by atomic mass is 10.1. The van der Waals surface area contributed by atoms with Crippen molar-refractivity contribution in [1.29, 1.82) is 0 Å². The monoisotopic (exact) mass is 286 g/mol. The van der Waals surface area contributed by atoms with Gasteiger partial charge in [0.1, 0.15) is 5.75 Å². The summed E-state index contributed by atoms with van der Waals surface area (Å²) in [6.45, 7) is 0. The van der Waals surface area contributed by atoms with E-state index >= 15 is 0 Å². The molecule has 1 radical (unpaired) electrons. The summed E-state index contributed by atoms with van der Waals surface area (Å²) >= 11 is 3.42. The maximum atomic E-state index is 5.65. The molecule has 3 heteroatoms. The molecule has 1 aromatic carbocycles. The van der Waals surface area contributed by atoms with Crippen LogP contribution in [0.25, 0.3) is 0 Å². The highest BCUT2D eigenvalue weighted by atomic mass is 79.9. The number of hydrogen-bond acceptors (Lipinski definition) is 2. The predicted molar refractivity (Wildman–Crippen MR) is 70.7 cm³/mol. The summed E-state index contributed by atoms with van der Waals surface area (Å²) in [5.74, 6) is 3.72. The first kappa shape index (κ1) is 11.7. The van der Waals surface area contributed by atoms with Crippen LogP contribution in [0.1, 0.15) is 5.56 Å². The summed E-state index contributed by atoms with van der Waals surface area (Å²) in [6, 6.07) is 11.2. The molecule has 0 amide bonds. The van der Waals surface area contributed by atoms with Crippen LogP contribution in [-0.4, -0.2) is 4.98 Å². The molecule has 1 aromatic heterocycles. The Hall–Kier alpha value is -1.79. The number of hydrogen-bond donors (Lipinski definition) is 0. The van der Waals surface area contributed by atoms with Crippen molar-refractivity contribution in [3.05, 3.63) is 59.1 Å². The van der Waals surface area contributed by atoms with Crippen LogP contribution in [0.4, 0.5) is 0 Å². The van der Waals surface area contributed by atoms with Gasteiger partial charge in [0.15, 0.2) is 0 Å². The zero-order chi connectivity index (χ0) is 12.1. The van der Waals surface area contributed by atoms with Gasteiger partial charge in [-0.05, 0) is 39.7 Å². The van der Waals surface area contributed by atoms with E-state index in [1.807, 2.05) is 30.3 Å². The van der Waals surface area contributed by atoms with Gasteiger partial charge in [0.25, 0.3) is 0 Å². The SMILES string of the molecule is C#C[CH]c1ccc(Br)c(Oc2ccccn2)c1. The summed E-state index contributed by atoms with van der Waals surface area (Å²) < 4.78 is 6.51. The molecule has 0 saturated heterocycles. The van der Waals surface area contributed by atoms with Gasteiger partial charge in [-0.25, -0.2) is 4.98 Å². The van der Waals surface area contributed by atoms with Gasteiger partial charge >= 0.3 is 0 Å². The van der Waals surface area contributed by atoms with Crippen molar-refractivity contribution in [3.8, 4) is 24.0 Å². The van der Waals surface area contributed by atoms with E-state index in [0.717, 1.165) is 10.0 Å². The van der Waals surface area contributed by atoms with E-state index in [2.05, 4.69) is 26.8 Å². The molecule has 0 aliphatic rings. The molecule has 0 N–H and O–H groups in total. The number of nitrogens with zero attached hydrogens (tertiary/aromatic N) is 1. The van der Waals surface area contributed by atoms with Crippen molar-refractivity contribution >= 4 is 15.9 Å². The average Bonchev–Trinajstić information content (AvgIpc) is 2.35. The van der Waals surface area contributed by atoms with Crippen LogP contribution in [0.2, 0.25) is 0 Å². The largest absolute Gasteiger partial charge is 0.438 e. The molecule has 0 bridgehead atoms. The molecule has 17 heavy (non-hydrogen) atoms. The molecule has 2 aromatic rings. The van der Waals surface area contributed by atoms with E-state index in [1.165, 1.54) is 0 Å². The molecular formula is C14H9BrNO. The van der Waals surface area contributed by atoms with E-state index in [-0.39, 0.29) is 0 Å². The summed E-state index contributed by atoms with van der Waals surface area (Å²) in [4.78, 5) is 4.10. The second-order valence-corrected chi connectivity index (χ2v) is 4.13. The highest BCUT2D eigenvalue weighted by molar-refractivity contribution is 9.10. The van der Waals surface area contributed by atoms with Crippen molar-refractivity contribution in [2.45, 2.75) is 0 Å². The number of ether oxygens (including phenoxy) is 1. The van der Waals surface area contributed by atoms with Crippen molar-refractivity contribution in [1.82, 2.24) is 4.98 Å². The van der Waals surface area contributed by atoms with E-state index in [1.54, 1.807) is 18.7 Å². The van der Waals surface area contributed by atoms with Crippen LogP contribution in [0, 0.1) is 18.8 Å². The van der Waals surface area contributed by atoms with E-state index in [9.17, 15) is 0 Å². The fraction of sp³-hybridized carbons (Fsp3) is 0. The number of benzene rings is 1. The summed E-state index contributed by atoms with van der Waals surface area (Å²) in [6.07, 6.45) is 8.59. The fourth-order valence-electron chi connectivity index (χ4n) is 1.30. The summed E-state index contributed by atoms with van der Waals surface area (Å²) in [5, 5.41) is 0. The Morgan fingerprint density at radius 3 is 2.88 bits per heavy atom. The first-order valence-corrected chi connectivity index (χ1v) is 5.76. The van der Waals surface area contributed by atoms with Gasteiger partial charge in [-0.1, -0.05) is 18.1 Å². The molecule has 0 aliphatic carbocycles.